The van der Waals surface area contributed by atoms with E-state index in [9.17, 15) is 30.3 Å². The molecule has 0 aromatic rings. The first-order chi connectivity index (χ1) is 15.2. The molecule has 0 aliphatic carbocycles. The van der Waals surface area contributed by atoms with Gasteiger partial charge in [-0.15, -0.1) is 0 Å². The molecule has 0 spiro atoms. The van der Waals surface area contributed by atoms with E-state index in [1.165, 1.54) is 63.3 Å². The SMILES string of the molecule is CCCCCCCCCCCCC(O)CCCC(=O)N(C)CC(O)C(O)C(O)C(O)CO. The van der Waals surface area contributed by atoms with Gasteiger partial charge in [0.15, 0.2) is 0 Å². The molecule has 0 saturated carbocycles. The van der Waals surface area contributed by atoms with Crippen LogP contribution in [-0.4, -0.2) is 92.2 Å². The van der Waals surface area contributed by atoms with Crippen LogP contribution in [0.3, 0.4) is 0 Å². The molecule has 1 amide bonds. The molecule has 8 heteroatoms. The Morgan fingerprint density at radius 3 is 1.72 bits per heavy atom. The maximum Gasteiger partial charge on any atom is 0.222 e. The number of hydrogen-bond donors (Lipinski definition) is 6. The first-order valence-electron chi connectivity index (χ1n) is 12.5. The van der Waals surface area contributed by atoms with Crippen molar-refractivity contribution in [1.82, 2.24) is 4.90 Å². The summed E-state index contributed by atoms with van der Waals surface area (Å²) in [5, 5.41) is 57.6. The van der Waals surface area contributed by atoms with E-state index in [0.717, 1.165) is 19.3 Å². The van der Waals surface area contributed by atoms with Gasteiger partial charge in [0.05, 0.1) is 12.7 Å². The molecule has 5 atom stereocenters. The average molecular weight is 464 g/mol. The molecule has 5 unspecified atom stereocenters. The zero-order valence-electron chi connectivity index (χ0n) is 20.2. The van der Waals surface area contributed by atoms with E-state index in [1.807, 2.05) is 0 Å². The van der Waals surface area contributed by atoms with Crippen LogP contribution in [0, 0.1) is 0 Å². The van der Waals surface area contributed by atoms with Gasteiger partial charge in [0.1, 0.15) is 24.4 Å². The molecular formula is C24H49NO7. The number of hydrogen-bond acceptors (Lipinski definition) is 7. The molecule has 0 aliphatic heterocycles. The highest BCUT2D eigenvalue weighted by atomic mass is 16.4. The third-order valence-corrected chi connectivity index (χ3v) is 6.03. The van der Waals surface area contributed by atoms with Gasteiger partial charge in [-0.2, -0.15) is 0 Å². The smallest absolute Gasteiger partial charge is 0.222 e. The van der Waals surface area contributed by atoms with E-state index in [2.05, 4.69) is 6.92 Å². The lowest BCUT2D eigenvalue weighted by Gasteiger charge is -2.28. The molecule has 0 aliphatic rings. The molecule has 0 saturated heterocycles. The molecule has 0 rings (SSSR count). The van der Waals surface area contributed by atoms with Crippen LogP contribution >= 0.6 is 0 Å². The summed E-state index contributed by atoms with van der Waals surface area (Å²) >= 11 is 0. The second kappa shape index (κ2) is 19.7. The van der Waals surface area contributed by atoms with Crippen LogP contribution in [0.15, 0.2) is 0 Å². The summed E-state index contributed by atoms with van der Waals surface area (Å²) in [5.74, 6) is -0.236. The fourth-order valence-corrected chi connectivity index (χ4v) is 3.75. The van der Waals surface area contributed by atoms with Gasteiger partial charge in [-0.05, 0) is 19.3 Å². The summed E-state index contributed by atoms with van der Waals surface area (Å²) in [4.78, 5) is 13.4. The Bertz CT molecular complexity index is 452. The van der Waals surface area contributed by atoms with Gasteiger partial charge in [0, 0.05) is 20.0 Å². The standard InChI is InChI=1S/C24H49NO7/c1-3-4-5-6-7-8-9-10-11-12-14-19(27)15-13-16-22(30)25(2)17-20(28)23(31)24(32)21(29)18-26/h19-21,23-24,26-29,31-32H,3-18H2,1-2H3. The molecule has 6 N–H and O–H groups in total. The topological polar surface area (TPSA) is 142 Å². The highest BCUT2D eigenvalue weighted by Gasteiger charge is 2.31. The number of unbranched alkanes of at least 4 members (excludes halogenated alkanes) is 9. The average Bonchev–Trinajstić information content (AvgIpc) is 2.78. The molecule has 0 bridgehead atoms. The van der Waals surface area contributed by atoms with Crippen molar-refractivity contribution >= 4 is 5.91 Å². The van der Waals surface area contributed by atoms with Crippen molar-refractivity contribution in [3.63, 3.8) is 0 Å². The van der Waals surface area contributed by atoms with Gasteiger partial charge < -0.3 is 35.5 Å². The maximum atomic E-state index is 12.2. The van der Waals surface area contributed by atoms with Crippen LogP contribution in [0.5, 0.6) is 0 Å². The van der Waals surface area contributed by atoms with Gasteiger partial charge >= 0.3 is 0 Å². The van der Waals surface area contributed by atoms with E-state index in [-0.39, 0.29) is 18.9 Å². The molecule has 0 aromatic carbocycles. The fraction of sp³-hybridized carbons (Fsp3) is 0.958. The van der Waals surface area contributed by atoms with Crippen molar-refractivity contribution in [3.05, 3.63) is 0 Å². The van der Waals surface area contributed by atoms with Gasteiger partial charge in [-0.1, -0.05) is 71.1 Å². The minimum atomic E-state index is -1.71. The molecule has 0 fully saturated rings. The minimum absolute atomic E-state index is 0.212. The Morgan fingerprint density at radius 1 is 0.719 bits per heavy atom. The number of aliphatic hydroxyl groups excluding tert-OH is 6. The lowest BCUT2D eigenvalue weighted by Crippen LogP contribution is -2.49. The van der Waals surface area contributed by atoms with Gasteiger partial charge in [-0.25, -0.2) is 0 Å². The molecule has 0 heterocycles. The quantitative estimate of drug-likeness (QED) is 0.142. The Morgan fingerprint density at radius 2 is 1.19 bits per heavy atom. The van der Waals surface area contributed by atoms with Crippen molar-refractivity contribution in [1.29, 1.82) is 0 Å². The zero-order chi connectivity index (χ0) is 24.4. The van der Waals surface area contributed by atoms with Crippen molar-refractivity contribution in [2.75, 3.05) is 20.2 Å². The van der Waals surface area contributed by atoms with Crippen LogP contribution in [0.25, 0.3) is 0 Å². The van der Waals surface area contributed by atoms with Crippen LogP contribution in [0.2, 0.25) is 0 Å². The number of carbonyl (C=O) groups excluding carboxylic acids is 1. The predicted molar refractivity (Wildman–Crippen MR) is 125 cm³/mol. The van der Waals surface area contributed by atoms with E-state index in [4.69, 9.17) is 5.11 Å². The summed E-state index contributed by atoms with van der Waals surface area (Å²) in [6.45, 7) is 1.27. The number of amides is 1. The van der Waals surface area contributed by atoms with E-state index < -0.39 is 37.1 Å². The van der Waals surface area contributed by atoms with Crippen molar-refractivity contribution < 1.29 is 35.4 Å². The van der Waals surface area contributed by atoms with Crippen molar-refractivity contribution in [3.8, 4) is 0 Å². The first kappa shape index (κ1) is 31.2. The molecular weight excluding hydrogens is 414 g/mol. The minimum Gasteiger partial charge on any atom is -0.394 e. The van der Waals surface area contributed by atoms with E-state index in [1.54, 1.807) is 0 Å². The first-order valence-corrected chi connectivity index (χ1v) is 12.5. The molecule has 8 nitrogen and oxygen atoms in total. The number of likely N-dealkylation sites (N-methyl/N-ethyl adjacent to an activating group) is 1. The second-order valence-electron chi connectivity index (χ2n) is 9.09. The third kappa shape index (κ3) is 15.1. The molecule has 192 valence electrons. The Hall–Kier alpha value is -0.770. The summed E-state index contributed by atoms with van der Waals surface area (Å²) < 4.78 is 0. The lowest BCUT2D eigenvalue weighted by atomic mass is 10.0. The van der Waals surface area contributed by atoms with Crippen molar-refractivity contribution in [2.45, 2.75) is 127 Å². The maximum absolute atomic E-state index is 12.2. The monoisotopic (exact) mass is 463 g/mol. The third-order valence-electron chi connectivity index (χ3n) is 6.03. The Kier molecular flexibility index (Phi) is 19.2. The second-order valence-corrected chi connectivity index (χ2v) is 9.09. The van der Waals surface area contributed by atoms with Gasteiger partial charge in [0.2, 0.25) is 5.91 Å². The molecule has 0 aromatic heterocycles. The highest BCUT2D eigenvalue weighted by molar-refractivity contribution is 5.75. The number of carbonyl (C=O) groups is 1. The van der Waals surface area contributed by atoms with E-state index >= 15 is 0 Å². The number of aliphatic hydroxyl groups is 6. The normalized spacial score (nSPS) is 16.4. The zero-order valence-corrected chi connectivity index (χ0v) is 20.2. The van der Waals surface area contributed by atoms with Crippen LogP contribution < -0.4 is 0 Å². The number of rotatable bonds is 21. The molecule has 0 radical (unpaired) electrons. The summed E-state index contributed by atoms with van der Waals surface area (Å²) in [7, 11) is 1.48. The summed E-state index contributed by atoms with van der Waals surface area (Å²) in [5.41, 5.74) is 0. The largest absolute Gasteiger partial charge is 0.394 e. The van der Waals surface area contributed by atoms with Crippen molar-refractivity contribution in [2.24, 2.45) is 0 Å². The number of nitrogens with zero attached hydrogens (tertiary/aromatic N) is 1. The van der Waals surface area contributed by atoms with Gasteiger partial charge in [-0.3, -0.25) is 4.79 Å². The van der Waals surface area contributed by atoms with E-state index in [0.29, 0.717) is 12.8 Å². The predicted octanol–water partition coefficient (Wildman–Crippen LogP) is 1.72. The Labute approximate surface area is 194 Å². The lowest BCUT2D eigenvalue weighted by molar-refractivity contribution is -0.138. The Balaban J connectivity index is 3.82. The van der Waals surface area contributed by atoms with Crippen LogP contribution in [-0.2, 0) is 4.79 Å². The van der Waals surface area contributed by atoms with Crippen LogP contribution in [0.1, 0.15) is 96.8 Å². The fourth-order valence-electron chi connectivity index (χ4n) is 3.75. The van der Waals surface area contributed by atoms with Gasteiger partial charge in [0.25, 0.3) is 0 Å². The molecule has 32 heavy (non-hydrogen) atoms. The summed E-state index contributed by atoms with van der Waals surface area (Å²) in [6, 6.07) is 0. The summed E-state index contributed by atoms with van der Waals surface area (Å²) in [6.07, 6.45) is 7.75. The van der Waals surface area contributed by atoms with Crippen LogP contribution in [0.4, 0.5) is 0 Å². The highest BCUT2D eigenvalue weighted by Crippen LogP contribution is 2.14.